The normalized spacial score (nSPS) is 13.8. The average Bonchev–Trinajstić information content (AvgIpc) is 2.43. The van der Waals surface area contributed by atoms with E-state index in [1.807, 2.05) is 6.07 Å². The van der Waals surface area contributed by atoms with Crippen LogP contribution in [0.3, 0.4) is 0 Å². The molecule has 0 bridgehead atoms. The molecule has 1 aromatic carbocycles. The summed E-state index contributed by atoms with van der Waals surface area (Å²) in [5.41, 5.74) is 8.16. The Bertz CT molecular complexity index is 720. The number of nitrogens with zero attached hydrogens (tertiary/aromatic N) is 2. The third kappa shape index (κ3) is 2.08. The summed E-state index contributed by atoms with van der Waals surface area (Å²) in [6.45, 7) is 0.584. The van der Waals surface area contributed by atoms with E-state index >= 15 is 0 Å². The monoisotopic (exact) mass is 292 g/mol. The first-order chi connectivity index (χ1) is 9.56. The number of benzene rings is 1. The van der Waals surface area contributed by atoms with Crippen molar-refractivity contribution in [1.29, 1.82) is 0 Å². The molecule has 0 saturated carbocycles. The molecule has 0 radical (unpaired) electrons. The van der Waals surface area contributed by atoms with E-state index in [1.165, 1.54) is 0 Å². The highest BCUT2D eigenvalue weighted by molar-refractivity contribution is 6.29. The fraction of sp³-hybridized carbons (Fsp3) is 0.154. The van der Waals surface area contributed by atoms with Crippen molar-refractivity contribution >= 4 is 23.3 Å². The van der Waals surface area contributed by atoms with E-state index in [4.69, 9.17) is 17.3 Å². The van der Waals surface area contributed by atoms with Gasteiger partial charge in [-0.15, -0.1) is 0 Å². The molecule has 3 rings (SSSR count). The summed E-state index contributed by atoms with van der Waals surface area (Å²) in [6.07, 6.45) is 0.719. The molecular formula is C13H10ClFN4O. The highest BCUT2D eigenvalue weighted by Crippen LogP contribution is 2.28. The number of nitrogens with two attached hydrogens (primary N) is 1. The van der Waals surface area contributed by atoms with Crippen molar-refractivity contribution in [2.24, 2.45) is 0 Å². The molecule has 1 aliphatic heterocycles. The topological polar surface area (TPSA) is 80.9 Å². The summed E-state index contributed by atoms with van der Waals surface area (Å²) in [5, 5.41) is 2.43. The Labute approximate surface area is 119 Å². The number of nitrogen functional groups attached to an aromatic ring is 1. The van der Waals surface area contributed by atoms with Gasteiger partial charge in [-0.2, -0.15) is 9.37 Å². The first-order valence-corrected chi connectivity index (χ1v) is 6.34. The van der Waals surface area contributed by atoms with Gasteiger partial charge in [-0.3, -0.25) is 4.79 Å². The zero-order valence-electron chi connectivity index (χ0n) is 10.3. The number of halogens is 2. The minimum atomic E-state index is -0.898. The molecule has 20 heavy (non-hydrogen) atoms. The number of rotatable bonds is 1. The molecule has 1 aromatic heterocycles. The standard InChI is InChI=1S/C13H10ClFN4O/c14-10-11(15)19-12(16)9(18-10)7-1-2-8-6(5-7)3-4-17-13(8)20/h1-2,5H,3-4H2,(H2,16,19)(H,17,20). The van der Waals surface area contributed by atoms with Crippen molar-refractivity contribution in [1.82, 2.24) is 15.3 Å². The molecule has 0 unspecified atom stereocenters. The molecule has 3 N–H and O–H groups in total. The Morgan fingerprint density at radius 2 is 2.15 bits per heavy atom. The third-order valence-electron chi connectivity index (χ3n) is 3.14. The predicted molar refractivity (Wildman–Crippen MR) is 72.9 cm³/mol. The van der Waals surface area contributed by atoms with Crippen LogP contribution in [0, 0.1) is 5.95 Å². The molecule has 1 aliphatic rings. The molecule has 2 heterocycles. The summed E-state index contributed by atoms with van der Waals surface area (Å²) in [7, 11) is 0. The lowest BCUT2D eigenvalue weighted by atomic mass is 9.96. The number of carbonyl (C=O) groups is 1. The second-order valence-electron chi connectivity index (χ2n) is 4.42. The predicted octanol–water partition coefficient (Wildman–Crippen LogP) is 1.80. The Morgan fingerprint density at radius 1 is 1.35 bits per heavy atom. The van der Waals surface area contributed by atoms with E-state index < -0.39 is 5.95 Å². The maximum Gasteiger partial charge on any atom is 0.252 e. The summed E-state index contributed by atoms with van der Waals surface area (Å²) < 4.78 is 13.2. The number of fused-ring (bicyclic) bond motifs is 1. The largest absolute Gasteiger partial charge is 0.382 e. The summed E-state index contributed by atoms with van der Waals surface area (Å²) >= 11 is 5.63. The molecule has 5 nitrogen and oxygen atoms in total. The van der Waals surface area contributed by atoms with E-state index in [1.54, 1.807) is 12.1 Å². The van der Waals surface area contributed by atoms with Crippen LogP contribution in [0.25, 0.3) is 11.3 Å². The van der Waals surface area contributed by atoms with Crippen molar-refractivity contribution in [2.45, 2.75) is 6.42 Å². The molecule has 0 saturated heterocycles. The van der Waals surface area contributed by atoms with E-state index in [-0.39, 0.29) is 16.9 Å². The van der Waals surface area contributed by atoms with Gasteiger partial charge in [-0.1, -0.05) is 17.7 Å². The van der Waals surface area contributed by atoms with E-state index in [2.05, 4.69) is 15.3 Å². The van der Waals surface area contributed by atoms with Gasteiger partial charge in [0.2, 0.25) is 0 Å². The Morgan fingerprint density at radius 3 is 2.95 bits per heavy atom. The van der Waals surface area contributed by atoms with Crippen molar-refractivity contribution in [3.05, 3.63) is 40.4 Å². The molecule has 2 aromatic rings. The van der Waals surface area contributed by atoms with Crippen LogP contribution in [0.2, 0.25) is 5.15 Å². The van der Waals surface area contributed by atoms with Crippen LogP contribution in [0.1, 0.15) is 15.9 Å². The van der Waals surface area contributed by atoms with Gasteiger partial charge in [0.25, 0.3) is 11.9 Å². The van der Waals surface area contributed by atoms with Gasteiger partial charge < -0.3 is 11.1 Å². The molecule has 7 heteroatoms. The minimum absolute atomic E-state index is 0.0351. The van der Waals surface area contributed by atoms with Gasteiger partial charge >= 0.3 is 0 Å². The van der Waals surface area contributed by atoms with Crippen molar-refractivity contribution in [3.63, 3.8) is 0 Å². The van der Waals surface area contributed by atoms with Gasteiger partial charge in [-0.25, -0.2) is 4.98 Å². The number of hydrogen-bond acceptors (Lipinski definition) is 4. The number of anilines is 1. The van der Waals surface area contributed by atoms with Crippen LogP contribution in [0.15, 0.2) is 18.2 Å². The van der Waals surface area contributed by atoms with Crippen LogP contribution in [-0.2, 0) is 6.42 Å². The molecule has 0 atom stereocenters. The lowest BCUT2D eigenvalue weighted by Gasteiger charge is -2.17. The van der Waals surface area contributed by atoms with E-state index in [0.29, 0.717) is 23.4 Å². The van der Waals surface area contributed by atoms with E-state index in [9.17, 15) is 9.18 Å². The molecule has 0 aliphatic carbocycles. The minimum Gasteiger partial charge on any atom is -0.382 e. The van der Waals surface area contributed by atoms with Crippen LogP contribution >= 0.6 is 11.6 Å². The average molecular weight is 293 g/mol. The molecule has 102 valence electrons. The zero-order chi connectivity index (χ0) is 14.3. The van der Waals surface area contributed by atoms with Crippen LogP contribution in [0.5, 0.6) is 0 Å². The summed E-state index contributed by atoms with van der Waals surface area (Å²) in [6, 6.07) is 5.19. The third-order valence-corrected chi connectivity index (χ3v) is 3.39. The fourth-order valence-electron chi connectivity index (χ4n) is 2.19. The quantitative estimate of drug-likeness (QED) is 0.840. The molecular weight excluding hydrogens is 283 g/mol. The maximum absolute atomic E-state index is 13.2. The summed E-state index contributed by atoms with van der Waals surface area (Å²) in [4.78, 5) is 19.1. The van der Waals surface area contributed by atoms with E-state index in [0.717, 1.165) is 12.0 Å². The van der Waals surface area contributed by atoms with Crippen molar-refractivity contribution in [2.75, 3.05) is 12.3 Å². The van der Waals surface area contributed by atoms with Gasteiger partial charge in [-0.05, 0) is 24.1 Å². The molecule has 1 amide bonds. The van der Waals surface area contributed by atoms with Crippen molar-refractivity contribution in [3.8, 4) is 11.3 Å². The SMILES string of the molecule is Nc1nc(F)c(Cl)nc1-c1ccc2c(c1)CCNC2=O. The number of nitrogens with one attached hydrogen (secondary N) is 1. The van der Waals surface area contributed by atoms with Crippen molar-refractivity contribution < 1.29 is 9.18 Å². The Hall–Kier alpha value is -2.21. The maximum atomic E-state index is 13.2. The second kappa shape index (κ2) is 4.72. The fourth-order valence-corrected chi connectivity index (χ4v) is 2.32. The smallest absolute Gasteiger partial charge is 0.252 e. The van der Waals surface area contributed by atoms with Gasteiger partial charge in [0.1, 0.15) is 5.69 Å². The first kappa shape index (κ1) is 12.8. The highest BCUT2D eigenvalue weighted by atomic mass is 35.5. The number of carbonyl (C=O) groups excluding carboxylic acids is 1. The second-order valence-corrected chi connectivity index (χ2v) is 4.77. The van der Waals surface area contributed by atoms with Gasteiger partial charge in [0, 0.05) is 17.7 Å². The number of hydrogen-bond donors (Lipinski definition) is 2. The van der Waals surface area contributed by atoms with Crippen LogP contribution in [-0.4, -0.2) is 22.4 Å². The van der Waals surface area contributed by atoms with Gasteiger partial charge in [0.15, 0.2) is 11.0 Å². The van der Waals surface area contributed by atoms with Crippen LogP contribution < -0.4 is 11.1 Å². The lowest BCUT2D eigenvalue weighted by Crippen LogP contribution is -2.31. The zero-order valence-corrected chi connectivity index (χ0v) is 11.0. The summed E-state index contributed by atoms with van der Waals surface area (Å²) in [5.74, 6) is -1.04. The van der Waals surface area contributed by atoms with Gasteiger partial charge in [0.05, 0.1) is 0 Å². The molecule has 0 fully saturated rings. The van der Waals surface area contributed by atoms with Crippen LogP contribution in [0.4, 0.5) is 10.2 Å². The number of amides is 1. The Kier molecular flexibility index (Phi) is 3.02. The number of aromatic nitrogens is 2. The lowest BCUT2D eigenvalue weighted by molar-refractivity contribution is 0.0946. The first-order valence-electron chi connectivity index (χ1n) is 5.96. The Balaban J connectivity index is 2.12. The molecule has 0 spiro atoms. The highest BCUT2D eigenvalue weighted by Gasteiger charge is 2.18.